The molecule has 0 aromatic heterocycles. The van der Waals surface area contributed by atoms with E-state index in [1.54, 1.807) is 37.3 Å². The third-order valence-electron chi connectivity index (χ3n) is 7.86. The smallest absolute Gasteiger partial charge is 0.264 e. The molecule has 218 valence electrons. The second-order valence-electron chi connectivity index (χ2n) is 11.1. The zero-order chi connectivity index (χ0) is 29.6. The summed E-state index contributed by atoms with van der Waals surface area (Å²) in [4.78, 5) is 29.0. The standard InChI is InChI=1S/C33H41N3O4S/c1-24-14-17-30(18-15-24)41(39,40)36(31-19-16-25(2)22-26(31)3)23-32(37)35(21-20-28-10-6-5-7-11-28)27(4)33(38)34-29-12-8-9-13-29/h5-7,10-11,14-19,22,27,29H,8-9,12-13,20-21,23H2,1-4H3,(H,34,38)/t27-/m0/s1. The maximum Gasteiger partial charge on any atom is 0.264 e. The van der Waals surface area contributed by atoms with Gasteiger partial charge in [0.25, 0.3) is 10.0 Å². The van der Waals surface area contributed by atoms with E-state index in [1.807, 2.05) is 63.2 Å². The molecular formula is C33H41N3O4S. The van der Waals surface area contributed by atoms with Gasteiger partial charge in [0.05, 0.1) is 10.6 Å². The molecule has 0 heterocycles. The summed E-state index contributed by atoms with van der Waals surface area (Å²) in [6.07, 6.45) is 4.58. The number of nitrogens with one attached hydrogen (secondary N) is 1. The van der Waals surface area contributed by atoms with Gasteiger partial charge in [-0.15, -0.1) is 0 Å². The van der Waals surface area contributed by atoms with E-state index in [1.165, 1.54) is 9.21 Å². The maximum absolute atomic E-state index is 14.1. The molecule has 0 radical (unpaired) electrons. The lowest BCUT2D eigenvalue weighted by Crippen LogP contribution is -2.53. The van der Waals surface area contributed by atoms with Gasteiger partial charge in [-0.2, -0.15) is 0 Å². The highest BCUT2D eigenvalue weighted by atomic mass is 32.2. The second-order valence-corrected chi connectivity index (χ2v) is 13.0. The van der Waals surface area contributed by atoms with E-state index in [0.717, 1.165) is 47.9 Å². The van der Waals surface area contributed by atoms with Gasteiger partial charge in [0.15, 0.2) is 0 Å². The van der Waals surface area contributed by atoms with E-state index in [9.17, 15) is 18.0 Å². The van der Waals surface area contributed by atoms with Crippen LogP contribution in [0.2, 0.25) is 0 Å². The number of amides is 2. The van der Waals surface area contributed by atoms with Crippen molar-refractivity contribution in [3.63, 3.8) is 0 Å². The Kier molecular flexibility index (Phi) is 9.86. The molecule has 0 unspecified atom stereocenters. The quantitative estimate of drug-likeness (QED) is 0.335. The van der Waals surface area contributed by atoms with Gasteiger partial charge in [-0.05, 0) is 76.3 Å². The first-order chi connectivity index (χ1) is 19.6. The van der Waals surface area contributed by atoms with Gasteiger partial charge >= 0.3 is 0 Å². The van der Waals surface area contributed by atoms with E-state index in [4.69, 9.17) is 0 Å². The molecule has 0 aliphatic heterocycles. The minimum atomic E-state index is -4.08. The Labute approximate surface area is 244 Å². The van der Waals surface area contributed by atoms with Crippen LogP contribution in [-0.4, -0.2) is 50.3 Å². The normalized spacial score (nSPS) is 14.4. The first-order valence-corrected chi connectivity index (χ1v) is 15.8. The van der Waals surface area contributed by atoms with Gasteiger partial charge < -0.3 is 10.2 Å². The van der Waals surface area contributed by atoms with E-state index < -0.39 is 28.5 Å². The number of hydrogen-bond acceptors (Lipinski definition) is 4. The van der Waals surface area contributed by atoms with Crippen molar-refractivity contribution < 1.29 is 18.0 Å². The molecule has 1 fully saturated rings. The molecule has 7 nitrogen and oxygen atoms in total. The molecule has 1 atom stereocenters. The van der Waals surface area contributed by atoms with Crippen LogP contribution in [0, 0.1) is 20.8 Å². The first kappa shape index (κ1) is 30.3. The van der Waals surface area contributed by atoms with Crippen molar-refractivity contribution in [1.29, 1.82) is 0 Å². The number of hydrogen-bond donors (Lipinski definition) is 1. The van der Waals surface area contributed by atoms with E-state index in [2.05, 4.69) is 5.32 Å². The third kappa shape index (κ3) is 7.55. The number of aryl methyl sites for hydroxylation is 3. The number of carbonyl (C=O) groups is 2. The van der Waals surface area contributed by atoms with Crippen LogP contribution in [0.4, 0.5) is 5.69 Å². The van der Waals surface area contributed by atoms with Gasteiger partial charge in [-0.3, -0.25) is 13.9 Å². The van der Waals surface area contributed by atoms with E-state index >= 15 is 0 Å². The van der Waals surface area contributed by atoms with Crippen LogP contribution >= 0.6 is 0 Å². The highest BCUT2D eigenvalue weighted by molar-refractivity contribution is 7.92. The Bertz CT molecular complexity index is 1450. The van der Waals surface area contributed by atoms with Crippen molar-refractivity contribution in [2.45, 2.75) is 76.8 Å². The minimum Gasteiger partial charge on any atom is -0.352 e. The second kappa shape index (κ2) is 13.3. The lowest BCUT2D eigenvalue weighted by atomic mass is 10.1. The summed E-state index contributed by atoms with van der Waals surface area (Å²) in [5.74, 6) is -0.636. The average Bonchev–Trinajstić information content (AvgIpc) is 3.46. The van der Waals surface area contributed by atoms with Gasteiger partial charge in [-0.25, -0.2) is 8.42 Å². The van der Waals surface area contributed by atoms with Gasteiger partial charge in [0, 0.05) is 12.6 Å². The van der Waals surface area contributed by atoms with Crippen LogP contribution in [0.15, 0.2) is 77.7 Å². The van der Waals surface area contributed by atoms with Crippen molar-refractivity contribution >= 4 is 27.5 Å². The third-order valence-corrected chi connectivity index (χ3v) is 9.64. The Balaban J connectivity index is 1.67. The monoisotopic (exact) mass is 575 g/mol. The lowest BCUT2D eigenvalue weighted by Gasteiger charge is -2.33. The Morgan fingerprint density at radius 3 is 2.17 bits per heavy atom. The number of rotatable bonds is 11. The molecule has 3 aromatic rings. The van der Waals surface area contributed by atoms with Crippen LogP contribution in [0.3, 0.4) is 0 Å². The van der Waals surface area contributed by atoms with Crippen LogP contribution in [0.1, 0.15) is 54.9 Å². The molecule has 41 heavy (non-hydrogen) atoms. The number of carbonyl (C=O) groups excluding carboxylic acids is 2. The fraction of sp³-hybridized carbons (Fsp3) is 0.394. The maximum atomic E-state index is 14.1. The largest absolute Gasteiger partial charge is 0.352 e. The molecule has 8 heteroatoms. The van der Waals surface area contributed by atoms with Crippen LogP contribution in [-0.2, 0) is 26.0 Å². The average molecular weight is 576 g/mol. The Morgan fingerprint density at radius 2 is 1.54 bits per heavy atom. The number of nitrogens with zero attached hydrogens (tertiary/aromatic N) is 2. The van der Waals surface area contributed by atoms with Crippen molar-refractivity contribution in [2.75, 3.05) is 17.4 Å². The van der Waals surface area contributed by atoms with E-state index in [-0.39, 0.29) is 23.4 Å². The summed E-state index contributed by atoms with van der Waals surface area (Å²) in [5, 5.41) is 3.11. The summed E-state index contributed by atoms with van der Waals surface area (Å²) >= 11 is 0. The zero-order valence-corrected chi connectivity index (χ0v) is 25.3. The summed E-state index contributed by atoms with van der Waals surface area (Å²) in [6.45, 7) is 7.27. The first-order valence-electron chi connectivity index (χ1n) is 14.4. The molecule has 1 aliphatic rings. The van der Waals surface area contributed by atoms with Crippen molar-refractivity contribution in [3.8, 4) is 0 Å². The minimum absolute atomic E-state index is 0.110. The van der Waals surface area contributed by atoms with Crippen LogP contribution in [0.25, 0.3) is 0 Å². The van der Waals surface area contributed by atoms with Crippen molar-refractivity contribution in [1.82, 2.24) is 10.2 Å². The highest BCUT2D eigenvalue weighted by Crippen LogP contribution is 2.28. The molecular weight excluding hydrogens is 534 g/mol. The Hall–Kier alpha value is -3.65. The topological polar surface area (TPSA) is 86.8 Å². The fourth-order valence-electron chi connectivity index (χ4n) is 5.40. The molecule has 4 rings (SSSR count). The summed E-state index contributed by atoms with van der Waals surface area (Å²) in [7, 11) is -4.08. The van der Waals surface area contributed by atoms with Crippen molar-refractivity contribution in [2.24, 2.45) is 0 Å². The predicted octanol–water partition coefficient (Wildman–Crippen LogP) is 5.33. The van der Waals surface area contributed by atoms with Crippen molar-refractivity contribution in [3.05, 3.63) is 95.1 Å². The fourth-order valence-corrected chi connectivity index (χ4v) is 6.88. The summed E-state index contributed by atoms with van der Waals surface area (Å²) in [5.41, 5.74) is 4.15. The molecule has 3 aromatic carbocycles. The zero-order valence-electron chi connectivity index (χ0n) is 24.5. The molecule has 1 aliphatic carbocycles. The summed E-state index contributed by atoms with van der Waals surface area (Å²) in [6, 6.07) is 21.3. The van der Waals surface area contributed by atoms with Gasteiger partial charge in [0.2, 0.25) is 11.8 Å². The number of benzene rings is 3. The number of anilines is 1. The SMILES string of the molecule is Cc1ccc(S(=O)(=O)N(CC(=O)N(CCc2ccccc2)[C@@H](C)C(=O)NC2CCCC2)c2ccc(C)cc2C)cc1. The molecule has 1 N–H and O–H groups in total. The molecule has 1 saturated carbocycles. The van der Waals surface area contributed by atoms with Gasteiger partial charge in [-0.1, -0.05) is 78.6 Å². The summed E-state index contributed by atoms with van der Waals surface area (Å²) < 4.78 is 29.2. The highest BCUT2D eigenvalue weighted by Gasteiger charge is 2.33. The van der Waals surface area contributed by atoms with Gasteiger partial charge in [0.1, 0.15) is 12.6 Å². The molecule has 2 amide bonds. The molecule has 0 saturated heterocycles. The van der Waals surface area contributed by atoms with E-state index in [0.29, 0.717) is 12.1 Å². The number of sulfonamides is 1. The predicted molar refractivity (Wildman–Crippen MR) is 163 cm³/mol. The Morgan fingerprint density at radius 1 is 0.902 bits per heavy atom. The lowest BCUT2D eigenvalue weighted by molar-refractivity contribution is -0.139. The molecule has 0 spiro atoms. The molecule has 0 bridgehead atoms. The van der Waals surface area contributed by atoms with Crippen LogP contribution < -0.4 is 9.62 Å². The van der Waals surface area contributed by atoms with Crippen LogP contribution in [0.5, 0.6) is 0 Å².